The molecule has 1 aromatic carbocycles. The third-order valence-corrected chi connectivity index (χ3v) is 4.20. The highest BCUT2D eigenvalue weighted by molar-refractivity contribution is 5.48. The highest BCUT2D eigenvalue weighted by atomic mass is 19.2. The topological polar surface area (TPSA) is 38.0 Å². The van der Waals surface area contributed by atoms with Gasteiger partial charge in [0.15, 0.2) is 23.3 Å². The minimum absolute atomic E-state index is 0.0852. The molecule has 0 radical (unpaired) electrons. The summed E-state index contributed by atoms with van der Waals surface area (Å²) in [6.45, 7) is 0.386. The van der Waals surface area contributed by atoms with Gasteiger partial charge in [0, 0.05) is 6.54 Å². The lowest BCUT2D eigenvalue weighted by Gasteiger charge is -2.36. The van der Waals surface area contributed by atoms with Crippen LogP contribution in [0.4, 0.5) is 27.6 Å². The van der Waals surface area contributed by atoms with E-state index in [1.54, 1.807) is 0 Å². The summed E-state index contributed by atoms with van der Waals surface area (Å²) in [7, 11) is 0. The summed E-state index contributed by atoms with van der Waals surface area (Å²) in [5.41, 5.74) is 4.38. The second-order valence-electron chi connectivity index (χ2n) is 5.56. The number of rotatable bonds is 4. The lowest BCUT2D eigenvalue weighted by molar-refractivity contribution is 0.215. The van der Waals surface area contributed by atoms with E-state index in [0.29, 0.717) is 6.54 Å². The van der Waals surface area contributed by atoms with Crippen molar-refractivity contribution in [3.8, 4) is 0 Å². The van der Waals surface area contributed by atoms with Crippen molar-refractivity contribution in [1.82, 2.24) is 0 Å². The van der Waals surface area contributed by atoms with Gasteiger partial charge in [-0.2, -0.15) is 0 Å². The summed E-state index contributed by atoms with van der Waals surface area (Å²) < 4.78 is 66.3. The Kier molecular flexibility index (Phi) is 4.70. The number of hydrogen-bond acceptors (Lipinski definition) is 2. The molecule has 1 aliphatic rings. The number of anilines is 1. The molecule has 0 aromatic heterocycles. The van der Waals surface area contributed by atoms with Crippen molar-refractivity contribution < 1.29 is 22.0 Å². The molecule has 0 amide bonds. The fraction of sp³-hybridized carbons (Fsp3) is 0.571. The smallest absolute Gasteiger partial charge is 0.200 e. The van der Waals surface area contributed by atoms with Gasteiger partial charge in [-0.3, -0.25) is 0 Å². The van der Waals surface area contributed by atoms with E-state index in [2.05, 4.69) is 5.32 Å². The predicted molar refractivity (Wildman–Crippen MR) is 69.3 cm³/mol. The van der Waals surface area contributed by atoms with E-state index < -0.39 is 34.8 Å². The number of nitrogens with one attached hydrogen (secondary N) is 1. The second-order valence-corrected chi connectivity index (χ2v) is 5.56. The van der Waals surface area contributed by atoms with Crippen LogP contribution in [0.5, 0.6) is 0 Å². The third kappa shape index (κ3) is 2.97. The van der Waals surface area contributed by atoms with Gasteiger partial charge in [-0.15, -0.1) is 0 Å². The summed E-state index contributed by atoms with van der Waals surface area (Å²) in [5.74, 6) is -9.71. The molecule has 1 fully saturated rings. The van der Waals surface area contributed by atoms with Gasteiger partial charge >= 0.3 is 0 Å². The van der Waals surface area contributed by atoms with Crippen molar-refractivity contribution in [2.24, 2.45) is 11.1 Å². The Bertz CT molecular complexity index is 498. The number of nitrogens with two attached hydrogens (primary N) is 1. The molecule has 1 aromatic rings. The van der Waals surface area contributed by atoms with Crippen LogP contribution in [0.2, 0.25) is 0 Å². The molecular weight excluding hydrogens is 291 g/mol. The normalized spacial score (nSPS) is 17.8. The van der Waals surface area contributed by atoms with Crippen molar-refractivity contribution >= 4 is 5.69 Å². The van der Waals surface area contributed by atoms with E-state index in [9.17, 15) is 22.0 Å². The third-order valence-electron chi connectivity index (χ3n) is 4.20. The lowest BCUT2D eigenvalue weighted by atomic mass is 9.74. The van der Waals surface area contributed by atoms with E-state index in [1.165, 1.54) is 0 Å². The molecule has 1 saturated carbocycles. The number of halogens is 5. The van der Waals surface area contributed by atoms with Crippen molar-refractivity contribution in [2.45, 2.75) is 32.1 Å². The van der Waals surface area contributed by atoms with Crippen LogP contribution in [0.1, 0.15) is 32.1 Å². The lowest BCUT2D eigenvalue weighted by Crippen LogP contribution is -2.39. The molecule has 0 spiro atoms. The van der Waals surface area contributed by atoms with Gasteiger partial charge in [-0.25, -0.2) is 22.0 Å². The molecule has 3 N–H and O–H groups in total. The monoisotopic (exact) mass is 308 g/mol. The SMILES string of the molecule is NCC1(CNc2c(F)c(F)c(F)c(F)c2F)CCCCC1. The maximum Gasteiger partial charge on any atom is 0.200 e. The van der Waals surface area contributed by atoms with Crippen LogP contribution in [0.3, 0.4) is 0 Å². The standard InChI is InChI=1S/C14H17F5N2/c15-8-9(16)11(18)13(12(19)10(8)17)21-7-14(6-20)4-2-1-3-5-14/h21H,1-7,20H2. The predicted octanol–water partition coefficient (Wildman–Crippen LogP) is 3.70. The van der Waals surface area contributed by atoms with Gasteiger partial charge < -0.3 is 11.1 Å². The van der Waals surface area contributed by atoms with Crippen LogP contribution in [0, 0.1) is 34.5 Å². The highest BCUT2D eigenvalue weighted by Crippen LogP contribution is 2.36. The van der Waals surface area contributed by atoms with E-state index in [0.717, 1.165) is 32.1 Å². The maximum atomic E-state index is 13.6. The van der Waals surface area contributed by atoms with Crippen LogP contribution in [0.25, 0.3) is 0 Å². The molecular formula is C14H17F5N2. The fourth-order valence-electron chi connectivity index (χ4n) is 2.79. The molecule has 2 rings (SSSR count). The van der Waals surface area contributed by atoms with Crippen molar-refractivity contribution in [1.29, 1.82) is 0 Å². The van der Waals surface area contributed by atoms with Gasteiger partial charge in [0.2, 0.25) is 5.82 Å². The molecule has 21 heavy (non-hydrogen) atoms. The van der Waals surface area contributed by atoms with Gasteiger partial charge in [0.25, 0.3) is 0 Å². The Morgan fingerprint density at radius 2 is 1.29 bits per heavy atom. The molecule has 0 bridgehead atoms. The van der Waals surface area contributed by atoms with E-state index >= 15 is 0 Å². The van der Waals surface area contributed by atoms with E-state index in [4.69, 9.17) is 5.73 Å². The molecule has 0 unspecified atom stereocenters. The molecule has 0 atom stereocenters. The average Bonchev–Trinajstić information content (AvgIpc) is 2.52. The second kappa shape index (κ2) is 6.17. The van der Waals surface area contributed by atoms with Crippen LogP contribution >= 0.6 is 0 Å². The first kappa shape index (κ1) is 16.0. The molecule has 2 nitrogen and oxygen atoms in total. The van der Waals surface area contributed by atoms with Crippen LogP contribution in [0.15, 0.2) is 0 Å². The van der Waals surface area contributed by atoms with Crippen molar-refractivity contribution in [3.63, 3.8) is 0 Å². The van der Waals surface area contributed by atoms with Crippen LogP contribution in [-0.4, -0.2) is 13.1 Å². The molecule has 118 valence electrons. The molecule has 0 saturated heterocycles. The molecule has 0 heterocycles. The Labute approximate surface area is 119 Å². The first-order chi connectivity index (χ1) is 9.92. The van der Waals surface area contributed by atoms with Crippen LogP contribution in [-0.2, 0) is 0 Å². The largest absolute Gasteiger partial charge is 0.380 e. The minimum Gasteiger partial charge on any atom is -0.380 e. The average molecular weight is 308 g/mol. The summed E-state index contributed by atoms with van der Waals surface area (Å²) in [4.78, 5) is 0. The first-order valence-electron chi connectivity index (χ1n) is 6.87. The Balaban J connectivity index is 2.24. The zero-order valence-corrected chi connectivity index (χ0v) is 11.4. The number of hydrogen-bond donors (Lipinski definition) is 2. The van der Waals surface area contributed by atoms with Gasteiger partial charge in [-0.05, 0) is 24.8 Å². The quantitative estimate of drug-likeness (QED) is 0.505. The fourth-order valence-corrected chi connectivity index (χ4v) is 2.79. The Hall–Kier alpha value is -1.37. The van der Waals surface area contributed by atoms with Crippen LogP contribution < -0.4 is 11.1 Å². The van der Waals surface area contributed by atoms with Gasteiger partial charge in [-0.1, -0.05) is 19.3 Å². The van der Waals surface area contributed by atoms with Gasteiger partial charge in [0.05, 0.1) is 0 Å². The van der Waals surface area contributed by atoms with Crippen molar-refractivity contribution in [2.75, 3.05) is 18.4 Å². The van der Waals surface area contributed by atoms with Gasteiger partial charge in [0.1, 0.15) is 5.69 Å². The summed E-state index contributed by atoms with van der Waals surface area (Å²) >= 11 is 0. The summed E-state index contributed by atoms with van der Waals surface area (Å²) in [6.07, 6.45) is 4.48. The van der Waals surface area contributed by atoms with E-state index in [-0.39, 0.29) is 12.0 Å². The Morgan fingerprint density at radius 3 is 1.76 bits per heavy atom. The summed E-state index contributed by atoms with van der Waals surface area (Å²) in [5, 5.41) is 2.37. The zero-order valence-electron chi connectivity index (χ0n) is 11.4. The number of benzene rings is 1. The highest BCUT2D eigenvalue weighted by Gasteiger charge is 2.32. The summed E-state index contributed by atoms with van der Waals surface area (Å²) in [6, 6.07) is 0. The maximum absolute atomic E-state index is 13.6. The molecule has 1 aliphatic carbocycles. The minimum atomic E-state index is -2.15. The van der Waals surface area contributed by atoms with Crippen molar-refractivity contribution in [3.05, 3.63) is 29.1 Å². The zero-order chi connectivity index (χ0) is 15.6. The molecule has 7 heteroatoms. The molecule has 0 aliphatic heterocycles. The van der Waals surface area contributed by atoms with E-state index in [1.807, 2.05) is 0 Å². The Morgan fingerprint density at radius 1 is 0.810 bits per heavy atom. The first-order valence-corrected chi connectivity index (χ1v) is 6.87.